The SMILES string of the molecule is CCNC(=NCc1cc(OC)ccc1O)NCCc1ccccc1F. The van der Waals surface area contributed by atoms with Gasteiger partial charge in [-0.3, -0.25) is 0 Å². The molecule has 0 saturated carbocycles. The highest BCUT2D eigenvalue weighted by Gasteiger charge is 2.05. The number of ether oxygens (including phenoxy) is 1. The minimum absolute atomic E-state index is 0.173. The number of benzene rings is 2. The van der Waals surface area contributed by atoms with E-state index in [1.165, 1.54) is 6.07 Å². The van der Waals surface area contributed by atoms with Crippen molar-refractivity contribution in [1.29, 1.82) is 0 Å². The number of aliphatic imine (C=N–C) groups is 1. The predicted molar refractivity (Wildman–Crippen MR) is 97.6 cm³/mol. The van der Waals surface area contributed by atoms with Crippen LogP contribution in [0.25, 0.3) is 0 Å². The fourth-order valence-corrected chi connectivity index (χ4v) is 2.34. The number of halogens is 1. The maximum atomic E-state index is 13.6. The number of phenols is 1. The first-order chi connectivity index (χ1) is 12.1. The highest BCUT2D eigenvalue weighted by atomic mass is 19.1. The van der Waals surface area contributed by atoms with Crippen LogP contribution in [-0.4, -0.2) is 31.3 Å². The van der Waals surface area contributed by atoms with Crippen molar-refractivity contribution in [3.05, 3.63) is 59.4 Å². The van der Waals surface area contributed by atoms with Gasteiger partial charge in [0.05, 0.1) is 13.7 Å². The van der Waals surface area contributed by atoms with Crippen LogP contribution in [0.4, 0.5) is 4.39 Å². The lowest BCUT2D eigenvalue weighted by Crippen LogP contribution is -2.38. The highest BCUT2D eigenvalue weighted by Crippen LogP contribution is 2.23. The quantitative estimate of drug-likeness (QED) is 0.533. The molecule has 0 fully saturated rings. The first kappa shape index (κ1) is 18.6. The van der Waals surface area contributed by atoms with Crippen molar-refractivity contribution in [1.82, 2.24) is 10.6 Å². The molecule has 0 amide bonds. The normalized spacial score (nSPS) is 11.2. The number of phenolic OH excluding ortho intramolecular Hbond substituents is 1. The number of aromatic hydroxyl groups is 1. The van der Waals surface area contributed by atoms with Crippen molar-refractivity contribution in [3.63, 3.8) is 0 Å². The Morgan fingerprint density at radius 2 is 1.96 bits per heavy atom. The van der Waals surface area contributed by atoms with Gasteiger partial charge in [0, 0.05) is 18.7 Å². The Bertz CT molecular complexity index is 720. The van der Waals surface area contributed by atoms with Gasteiger partial charge < -0.3 is 20.5 Å². The van der Waals surface area contributed by atoms with Crippen LogP contribution in [-0.2, 0) is 13.0 Å². The zero-order valence-electron chi connectivity index (χ0n) is 14.6. The van der Waals surface area contributed by atoms with Gasteiger partial charge in [0.1, 0.15) is 17.3 Å². The van der Waals surface area contributed by atoms with E-state index in [1.807, 2.05) is 13.0 Å². The van der Waals surface area contributed by atoms with Crippen LogP contribution < -0.4 is 15.4 Å². The topological polar surface area (TPSA) is 65.9 Å². The van der Waals surface area contributed by atoms with E-state index in [4.69, 9.17) is 4.74 Å². The van der Waals surface area contributed by atoms with Crippen LogP contribution in [0.3, 0.4) is 0 Å². The van der Waals surface area contributed by atoms with E-state index < -0.39 is 0 Å². The first-order valence-electron chi connectivity index (χ1n) is 8.25. The van der Waals surface area contributed by atoms with Crippen molar-refractivity contribution in [2.24, 2.45) is 4.99 Å². The summed E-state index contributed by atoms with van der Waals surface area (Å²) in [5.74, 6) is 1.25. The molecular weight excluding hydrogens is 321 g/mol. The summed E-state index contributed by atoms with van der Waals surface area (Å²) >= 11 is 0. The van der Waals surface area contributed by atoms with Crippen LogP contribution >= 0.6 is 0 Å². The first-order valence-corrected chi connectivity index (χ1v) is 8.25. The van der Waals surface area contributed by atoms with Gasteiger partial charge in [-0.1, -0.05) is 18.2 Å². The van der Waals surface area contributed by atoms with E-state index >= 15 is 0 Å². The third kappa shape index (κ3) is 5.67. The van der Waals surface area contributed by atoms with Gasteiger partial charge >= 0.3 is 0 Å². The molecule has 6 heteroatoms. The Hall–Kier alpha value is -2.76. The van der Waals surface area contributed by atoms with E-state index in [9.17, 15) is 9.50 Å². The summed E-state index contributed by atoms with van der Waals surface area (Å²) in [6.07, 6.45) is 0.557. The minimum Gasteiger partial charge on any atom is -0.508 e. The van der Waals surface area contributed by atoms with Gasteiger partial charge in [-0.15, -0.1) is 0 Å². The summed E-state index contributed by atoms with van der Waals surface area (Å²) < 4.78 is 18.8. The second kappa shape index (κ2) is 9.52. The molecule has 3 N–H and O–H groups in total. The third-order valence-corrected chi connectivity index (χ3v) is 3.68. The zero-order chi connectivity index (χ0) is 18.1. The van der Waals surface area contributed by atoms with Gasteiger partial charge in [0.15, 0.2) is 5.96 Å². The van der Waals surface area contributed by atoms with Crippen LogP contribution in [0, 0.1) is 5.82 Å². The maximum absolute atomic E-state index is 13.6. The lowest BCUT2D eigenvalue weighted by atomic mass is 10.1. The number of methoxy groups -OCH3 is 1. The van der Waals surface area contributed by atoms with E-state index in [0.717, 1.165) is 0 Å². The van der Waals surface area contributed by atoms with Crippen molar-refractivity contribution < 1.29 is 14.2 Å². The number of rotatable bonds is 7. The summed E-state index contributed by atoms with van der Waals surface area (Å²) in [6.45, 7) is 3.53. The summed E-state index contributed by atoms with van der Waals surface area (Å²) in [4.78, 5) is 4.46. The van der Waals surface area contributed by atoms with Gasteiger partial charge in [-0.25, -0.2) is 9.38 Å². The molecule has 0 bridgehead atoms. The predicted octanol–water partition coefficient (Wildman–Crippen LogP) is 2.84. The van der Waals surface area contributed by atoms with E-state index in [1.54, 1.807) is 37.4 Å². The fourth-order valence-electron chi connectivity index (χ4n) is 2.34. The van der Waals surface area contributed by atoms with Crippen molar-refractivity contribution in [2.75, 3.05) is 20.2 Å². The Balaban J connectivity index is 1.97. The molecule has 0 atom stereocenters. The number of nitrogens with zero attached hydrogens (tertiary/aromatic N) is 1. The Kier molecular flexibility index (Phi) is 7.07. The van der Waals surface area contributed by atoms with Gasteiger partial charge in [-0.05, 0) is 43.2 Å². The van der Waals surface area contributed by atoms with Crippen LogP contribution in [0.5, 0.6) is 11.5 Å². The monoisotopic (exact) mass is 345 g/mol. The smallest absolute Gasteiger partial charge is 0.191 e. The van der Waals surface area contributed by atoms with E-state index in [-0.39, 0.29) is 11.6 Å². The second-order valence-electron chi connectivity index (χ2n) is 5.46. The maximum Gasteiger partial charge on any atom is 0.191 e. The Morgan fingerprint density at radius 1 is 1.16 bits per heavy atom. The molecular formula is C19H24FN3O2. The van der Waals surface area contributed by atoms with Crippen molar-refractivity contribution in [2.45, 2.75) is 19.9 Å². The molecule has 5 nitrogen and oxygen atoms in total. The molecule has 2 rings (SSSR count). The molecule has 25 heavy (non-hydrogen) atoms. The molecule has 0 saturated heterocycles. The molecule has 134 valence electrons. The average Bonchev–Trinajstić information content (AvgIpc) is 2.62. The molecule has 0 spiro atoms. The van der Waals surface area contributed by atoms with Crippen LogP contribution in [0.2, 0.25) is 0 Å². The van der Waals surface area contributed by atoms with Gasteiger partial charge in [0.2, 0.25) is 0 Å². The summed E-state index contributed by atoms with van der Waals surface area (Å²) in [7, 11) is 1.58. The summed E-state index contributed by atoms with van der Waals surface area (Å²) in [6, 6.07) is 11.8. The lowest BCUT2D eigenvalue weighted by molar-refractivity contribution is 0.411. The van der Waals surface area contributed by atoms with Gasteiger partial charge in [0.25, 0.3) is 0 Å². The fraction of sp³-hybridized carbons (Fsp3) is 0.316. The molecule has 0 heterocycles. The second-order valence-corrected chi connectivity index (χ2v) is 5.46. The van der Waals surface area contributed by atoms with Crippen LogP contribution in [0.1, 0.15) is 18.1 Å². The largest absolute Gasteiger partial charge is 0.508 e. The van der Waals surface area contributed by atoms with E-state index in [2.05, 4.69) is 15.6 Å². The Labute approximate surface area is 147 Å². The Morgan fingerprint density at radius 3 is 2.68 bits per heavy atom. The van der Waals surface area contributed by atoms with E-state index in [0.29, 0.717) is 48.9 Å². The van der Waals surface area contributed by atoms with Crippen molar-refractivity contribution in [3.8, 4) is 11.5 Å². The summed E-state index contributed by atoms with van der Waals surface area (Å²) in [5.41, 5.74) is 1.34. The number of hydrogen-bond acceptors (Lipinski definition) is 3. The summed E-state index contributed by atoms with van der Waals surface area (Å²) in [5, 5.41) is 16.2. The van der Waals surface area contributed by atoms with Gasteiger partial charge in [-0.2, -0.15) is 0 Å². The van der Waals surface area contributed by atoms with Crippen LogP contribution in [0.15, 0.2) is 47.5 Å². The highest BCUT2D eigenvalue weighted by molar-refractivity contribution is 5.79. The minimum atomic E-state index is -0.201. The number of guanidine groups is 1. The number of nitrogens with one attached hydrogen (secondary N) is 2. The molecule has 2 aromatic carbocycles. The molecule has 0 aliphatic heterocycles. The molecule has 0 unspecified atom stereocenters. The molecule has 2 aromatic rings. The standard InChI is InChI=1S/C19H24FN3O2/c1-3-21-19(22-11-10-14-6-4-5-7-17(14)20)23-13-15-12-16(25-2)8-9-18(15)24/h4-9,12,24H,3,10-11,13H2,1-2H3,(H2,21,22,23). The molecule has 0 aromatic heterocycles. The average molecular weight is 345 g/mol. The lowest BCUT2D eigenvalue weighted by Gasteiger charge is -2.12. The number of hydrogen-bond donors (Lipinski definition) is 3. The third-order valence-electron chi connectivity index (χ3n) is 3.68. The zero-order valence-corrected chi connectivity index (χ0v) is 14.6. The molecule has 0 aliphatic rings. The molecule has 0 aliphatic carbocycles. The van der Waals surface area contributed by atoms with Crippen molar-refractivity contribution >= 4 is 5.96 Å². The molecule has 0 radical (unpaired) electrons.